The number of nitrogens with zero attached hydrogens (tertiary/aromatic N) is 3. The van der Waals surface area contributed by atoms with E-state index in [9.17, 15) is 8.42 Å². The Morgan fingerprint density at radius 2 is 1.84 bits per heavy atom. The molecule has 0 amide bonds. The van der Waals surface area contributed by atoms with Gasteiger partial charge in [-0.05, 0) is 68.7 Å². The van der Waals surface area contributed by atoms with Crippen molar-refractivity contribution in [2.24, 2.45) is 0 Å². The molecule has 0 saturated carbocycles. The number of fused-ring (bicyclic) bond motifs is 1. The molecule has 0 saturated heterocycles. The lowest BCUT2D eigenvalue weighted by molar-refractivity contribution is 0.415. The number of benzene rings is 2. The van der Waals surface area contributed by atoms with Crippen LogP contribution in [0.5, 0.6) is 5.75 Å². The number of hydrogen-bond acceptors (Lipinski definition) is 6. The maximum atomic E-state index is 12.7. The molecular weight excluding hydrogens is 432 g/mol. The summed E-state index contributed by atoms with van der Waals surface area (Å²) in [7, 11) is -1.92. The highest BCUT2D eigenvalue weighted by Crippen LogP contribution is 2.26. The number of ether oxygens (including phenoxy) is 1. The smallest absolute Gasteiger partial charge is 0.240 e. The summed E-state index contributed by atoms with van der Waals surface area (Å²) in [5, 5.41) is 4.62. The van der Waals surface area contributed by atoms with Gasteiger partial charge in [0.05, 0.1) is 17.7 Å². The second kappa shape index (κ2) is 8.41. The van der Waals surface area contributed by atoms with E-state index in [1.54, 1.807) is 20.1 Å². The Kier molecular flexibility index (Phi) is 5.83. The Morgan fingerprint density at radius 1 is 1.10 bits per heavy atom. The largest absolute Gasteiger partial charge is 0.497 e. The fourth-order valence-corrected chi connectivity index (χ4v) is 5.77. The molecule has 7 nitrogen and oxygen atoms in total. The van der Waals surface area contributed by atoms with Crippen LogP contribution in [0.25, 0.3) is 16.3 Å². The minimum Gasteiger partial charge on any atom is -0.497 e. The van der Waals surface area contributed by atoms with Crippen molar-refractivity contribution in [1.82, 2.24) is 19.3 Å². The summed E-state index contributed by atoms with van der Waals surface area (Å²) >= 11 is 1.53. The Bertz CT molecular complexity index is 1340. The lowest BCUT2D eigenvalue weighted by Gasteiger charge is -2.10. The number of methoxy groups -OCH3 is 1. The van der Waals surface area contributed by atoms with E-state index in [4.69, 9.17) is 4.74 Å². The van der Waals surface area contributed by atoms with Gasteiger partial charge in [-0.3, -0.25) is 0 Å². The zero-order valence-corrected chi connectivity index (χ0v) is 19.5. The number of hydrogen-bond donors (Lipinski definition) is 1. The van der Waals surface area contributed by atoms with Crippen molar-refractivity contribution in [2.75, 3.05) is 13.7 Å². The van der Waals surface area contributed by atoms with Crippen molar-refractivity contribution in [3.8, 4) is 17.1 Å². The predicted molar refractivity (Wildman–Crippen MR) is 122 cm³/mol. The Labute approximate surface area is 185 Å². The number of sulfonamides is 1. The molecule has 0 radical (unpaired) electrons. The van der Waals surface area contributed by atoms with E-state index in [0.29, 0.717) is 23.7 Å². The molecule has 2 heterocycles. The van der Waals surface area contributed by atoms with E-state index in [1.165, 1.54) is 11.3 Å². The van der Waals surface area contributed by atoms with E-state index in [1.807, 2.05) is 54.8 Å². The number of aromatic nitrogens is 3. The zero-order chi connectivity index (χ0) is 22.2. The lowest BCUT2D eigenvalue weighted by Crippen LogP contribution is -2.26. The van der Waals surface area contributed by atoms with Gasteiger partial charge < -0.3 is 4.74 Å². The van der Waals surface area contributed by atoms with Crippen LogP contribution >= 0.6 is 11.3 Å². The fraction of sp³-hybridized carbons (Fsp3) is 0.273. The maximum absolute atomic E-state index is 12.7. The average molecular weight is 457 g/mol. The van der Waals surface area contributed by atoms with Gasteiger partial charge in [0.15, 0.2) is 5.82 Å². The molecule has 4 aromatic rings. The number of thiazole rings is 1. The van der Waals surface area contributed by atoms with Crippen molar-refractivity contribution in [3.63, 3.8) is 0 Å². The van der Waals surface area contributed by atoms with Crippen molar-refractivity contribution < 1.29 is 13.2 Å². The van der Waals surface area contributed by atoms with Gasteiger partial charge in [-0.25, -0.2) is 17.7 Å². The molecule has 1 N–H and O–H groups in total. The van der Waals surface area contributed by atoms with E-state index in [0.717, 1.165) is 38.0 Å². The Hall–Kier alpha value is -2.75. The molecule has 0 fully saturated rings. The van der Waals surface area contributed by atoms with Crippen LogP contribution in [0.3, 0.4) is 0 Å². The number of rotatable bonds is 7. The van der Waals surface area contributed by atoms with Crippen molar-refractivity contribution >= 4 is 26.3 Å². The summed E-state index contributed by atoms with van der Waals surface area (Å²) in [6.07, 6.45) is 0.573. The van der Waals surface area contributed by atoms with Crippen LogP contribution < -0.4 is 9.46 Å². The highest BCUT2D eigenvalue weighted by atomic mass is 32.2. The molecule has 0 unspecified atom stereocenters. The molecular formula is C22H24N4O3S2. The highest BCUT2D eigenvalue weighted by Gasteiger charge is 2.18. The third kappa shape index (κ3) is 4.34. The van der Waals surface area contributed by atoms with Gasteiger partial charge in [0.25, 0.3) is 0 Å². The van der Waals surface area contributed by atoms with E-state index >= 15 is 0 Å². The van der Waals surface area contributed by atoms with Crippen LogP contribution in [0.15, 0.2) is 47.4 Å². The van der Waals surface area contributed by atoms with E-state index < -0.39 is 10.0 Å². The van der Waals surface area contributed by atoms with Gasteiger partial charge in [-0.1, -0.05) is 23.5 Å². The van der Waals surface area contributed by atoms with Crippen molar-refractivity contribution in [3.05, 3.63) is 64.2 Å². The third-order valence-corrected chi connectivity index (χ3v) is 7.93. The minimum atomic E-state index is -3.56. The monoisotopic (exact) mass is 456 g/mol. The van der Waals surface area contributed by atoms with E-state index in [-0.39, 0.29) is 0 Å². The van der Waals surface area contributed by atoms with Gasteiger partial charge in [0, 0.05) is 17.0 Å². The predicted octanol–water partition coefficient (Wildman–Crippen LogP) is 3.91. The summed E-state index contributed by atoms with van der Waals surface area (Å²) in [6, 6.07) is 13.1. The fourth-order valence-electron chi connectivity index (χ4n) is 3.35. The van der Waals surface area contributed by atoms with Crippen LogP contribution in [-0.4, -0.2) is 36.7 Å². The Morgan fingerprint density at radius 3 is 2.52 bits per heavy atom. The maximum Gasteiger partial charge on any atom is 0.240 e. The summed E-state index contributed by atoms with van der Waals surface area (Å²) in [4.78, 5) is 6.81. The molecule has 0 atom stereocenters. The SMILES string of the molecule is COc1ccc(-c2nc3sc(CCNS(=O)(=O)c4cc(C)ccc4C)c(C)n3n2)cc1. The molecule has 0 aliphatic rings. The van der Waals surface area contributed by atoms with Crippen LogP contribution in [0.1, 0.15) is 21.7 Å². The summed E-state index contributed by atoms with van der Waals surface area (Å²) in [6.45, 7) is 5.98. The molecule has 2 aromatic heterocycles. The first-order chi connectivity index (χ1) is 14.8. The quantitative estimate of drug-likeness (QED) is 0.456. The highest BCUT2D eigenvalue weighted by molar-refractivity contribution is 7.89. The standard InChI is InChI=1S/C22H24N4O3S2/c1-14-5-6-15(2)20(13-14)31(27,28)23-12-11-19-16(3)26-22(30-19)24-21(25-26)17-7-9-18(29-4)10-8-17/h5-10,13,23H,11-12H2,1-4H3. The normalized spacial score (nSPS) is 11.9. The Balaban J connectivity index is 1.48. The van der Waals surface area contributed by atoms with Gasteiger partial charge in [-0.2, -0.15) is 4.98 Å². The first-order valence-corrected chi connectivity index (χ1v) is 12.1. The van der Waals surface area contributed by atoms with Crippen LogP contribution in [0, 0.1) is 20.8 Å². The summed E-state index contributed by atoms with van der Waals surface area (Å²) in [5.74, 6) is 1.44. The molecule has 9 heteroatoms. The average Bonchev–Trinajstić information content (AvgIpc) is 3.29. The van der Waals surface area contributed by atoms with Gasteiger partial charge in [0.1, 0.15) is 5.75 Å². The van der Waals surface area contributed by atoms with Crippen LogP contribution in [0.4, 0.5) is 0 Å². The molecule has 0 bridgehead atoms. The summed E-state index contributed by atoms with van der Waals surface area (Å²) in [5.41, 5.74) is 3.54. The second-order valence-electron chi connectivity index (χ2n) is 7.39. The van der Waals surface area contributed by atoms with Crippen molar-refractivity contribution in [2.45, 2.75) is 32.1 Å². The molecule has 162 valence electrons. The van der Waals surface area contributed by atoms with E-state index in [2.05, 4.69) is 14.8 Å². The van der Waals surface area contributed by atoms with Crippen molar-refractivity contribution in [1.29, 1.82) is 0 Å². The zero-order valence-electron chi connectivity index (χ0n) is 17.8. The molecule has 2 aromatic carbocycles. The molecule has 0 aliphatic heterocycles. The lowest BCUT2D eigenvalue weighted by atomic mass is 10.2. The number of aryl methyl sites for hydroxylation is 3. The topological polar surface area (TPSA) is 85.6 Å². The molecule has 4 rings (SSSR count). The second-order valence-corrected chi connectivity index (χ2v) is 10.2. The summed E-state index contributed by atoms with van der Waals surface area (Å²) < 4.78 is 35.1. The minimum absolute atomic E-state index is 0.311. The number of nitrogens with one attached hydrogen (secondary N) is 1. The molecule has 0 aliphatic carbocycles. The molecule has 31 heavy (non-hydrogen) atoms. The van der Waals surface area contributed by atoms with Gasteiger partial charge in [0.2, 0.25) is 15.0 Å². The van der Waals surface area contributed by atoms with Gasteiger partial charge in [-0.15, -0.1) is 5.10 Å². The first-order valence-electron chi connectivity index (χ1n) is 9.85. The first kappa shape index (κ1) is 21.5. The molecule has 0 spiro atoms. The van der Waals surface area contributed by atoms with Crippen LogP contribution in [0.2, 0.25) is 0 Å². The third-order valence-electron chi connectivity index (χ3n) is 5.14. The van der Waals surface area contributed by atoms with Crippen LogP contribution in [-0.2, 0) is 16.4 Å². The van der Waals surface area contributed by atoms with Gasteiger partial charge >= 0.3 is 0 Å².